The highest BCUT2D eigenvalue weighted by Crippen LogP contribution is 2.37. The van der Waals surface area contributed by atoms with Gasteiger partial charge in [0.25, 0.3) is 0 Å². The lowest BCUT2D eigenvalue weighted by Gasteiger charge is -2.38. The third-order valence-corrected chi connectivity index (χ3v) is 7.26. The standard InChI is InChI=1S/C24H32ClNO3/c25-23-19(14-26-15-20(16-26)24(27)28)9-8-18-13-21(10-11-22(18)23)29-12-4-7-17-5-2-1-3-6-17/h10-11,13,17,20H,1-9,12,14-16H2,(H,27,28). The van der Waals surface area contributed by atoms with Gasteiger partial charge in [0.2, 0.25) is 0 Å². The first kappa shape index (κ1) is 20.7. The highest BCUT2D eigenvalue weighted by atomic mass is 35.5. The minimum Gasteiger partial charge on any atom is -0.494 e. The third-order valence-electron chi connectivity index (χ3n) is 6.79. The molecule has 0 unspecified atom stereocenters. The van der Waals surface area contributed by atoms with Gasteiger partial charge in [-0.2, -0.15) is 0 Å². The van der Waals surface area contributed by atoms with E-state index in [1.54, 1.807) is 0 Å². The Morgan fingerprint density at radius 2 is 1.97 bits per heavy atom. The molecule has 3 aliphatic rings. The predicted molar refractivity (Wildman–Crippen MR) is 116 cm³/mol. The number of carboxylic acids is 1. The van der Waals surface area contributed by atoms with E-state index in [0.29, 0.717) is 13.1 Å². The number of ether oxygens (including phenoxy) is 1. The van der Waals surface area contributed by atoms with Crippen LogP contribution in [0.3, 0.4) is 0 Å². The van der Waals surface area contributed by atoms with Crippen molar-refractivity contribution in [1.82, 2.24) is 4.90 Å². The molecule has 2 aliphatic carbocycles. The van der Waals surface area contributed by atoms with Crippen molar-refractivity contribution in [2.75, 3.05) is 26.2 Å². The number of halogens is 1. The van der Waals surface area contributed by atoms with E-state index in [1.807, 2.05) is 6.07 Å². The summed E-state index contributed by atoms with van der Waals surface area (Å²) in [6, 6.07) is 6.28. The molecule has 1 aromatic rings. The van der Waals surface area contributed by atoms with Crippen LogP contribution in [0, 0.1) is 11.8 Å². The predicted octanol–water partition coefficient (Wildman–Crippen LogP) is 5.34. The first-order valence-electron chi connectivity index (χ1n) is 11.2. The lowest BCUT2D eigenvalue weighted by Crippen LogP contribution is -2.50. The Morgan fingerprint density at radius 3 is 2.72 bits per heavy atom. The molecule has 1 saturated heterocycles. The van der Waals surface area contributed by atoms with Crippen LogP contribution in [0.2, 0.25) is 0 Å². The van der Waals surface area contributed by atoms with E-state index in [1.165, 1.54) is 49.7 Å². The number of likely N-dealkylation sites (tertiary alicyclic amines) is 1. The van der Waals surface area contributed by atoms with E-state index < -0.39 is 5.97 Å². The van der Waals surface area contributed by atoms with Gasteiger partial charge in [-0.25, -0.2) is 0 Å². The highest BCUT2D eigenvalue weighted by molar-refractivity contribution is 6.49. The Bertz CT molecular complexity index is 763. The maximum absolute atomic E-state index is 11.0. The SMILES string of the molecule is O=C(O)C1CN(CC2=C(Cl)c3ccc(OCCCC4CCCCC4)cc3CC2)C1. The number of fused-ring (bicyclic) bond motifs is 1. The Kier molecular flexibility index (Phi) is 6.81. The Morgan fingerprint density at radius 1 is 1.17 bits per heavy atom. The molecule has 29 heavy (non-hydrogen) atoms. The highest BCUT2D eigenvalue weighted by Gasteiger charge is 2.33. The number of benzene rings is 1. The second-order valence-electron chi connectivity index (χ2n) is 8.96. The summed E-state index contributed by atoms with van der Waals surface area (Å²) in [5, 5.41) is 9.87. The lowest BCUT2D eigenvalue weighted by atomic mass is 9.86. The zero-order valence-electron chi connectivity index (χ0n) is 17.2. The van der Waals surface area contributed by atoms with Gasteiger partial charge in [0.1, 0.15) is 5.75 Å². The lowest BCUT2D eigenvalue weighted by molar-refractivity contribution is -0.147. The molecule has 0 atom stereocenters. The number of nitrogens with zero attached hydrogens (tertiary/aromatic N) is 1. The molecule has 0 amide bonds. The van der Waals surface area contributed by atoms with Crippen LogP contribution in [-0.2, 0) is 11.2 Å². The Hall–Kier alpha value is -1.52. The summed E-state index contributed by atoms with van der Waals surface area (Å²) in [6.45, 7) is 2.83. The second-order valence-corrected chi connectivity index (χ2v) is 9.34. The van der Waals surface area contributed by atoms with Crippen molar-refractivity contribution in [2.24, 2.45) is 11.8 Å². The maximum Gasteiger partial charge on any atom is 0.309 e. The van der Waals surface area contributed by atoms with Gasteiger partial charge >= 0.3 is 5.97 Å². The van der Waals surface area contributed by atoms with Gasteiger partial charge in [0.05, 0.1) is 12.5 Å². The summed E-state index contributed by atoms with van der Waals surface area (Å²) in [5.74, 6) is 0.951. The first-order valence-corrected chi connectivity index (χ1v) is 11.6. The van der Waals surface area contributed by atoms with Crippen molar-refractivity contribution in [2.45, 2.75) is 57.8 Å². The number of aliphatic carboxylic acids is 1. The second kappa shape index (κ2) is 9.53. The van der Waals surface area contributed by atoms with E-state index in [0.717, 1.165) is 54.7 Å². The van der Waals surface area contributed by atoms with E-state index in [4.69, 9.17) is 21.4 Å². The van der Waals surface area contributed by atoms with Crippen molar-refractivity contribution in [3.8, 4) is 5.75 Å². The number of hydrogen-bond acceptors (Lipinski definition) is 3. The molecule has 0 bridgehead atoms. The molecule has 0 spiro atoms. The van der Waals surface area contributed by atoms with E-state index in [9.17, 15) is 4.79 Å². The zero-order valence-corrected chi connectivity index (χ0v) is 17.9. The van der Waals surface area contributed by atoms with Gasteiger partial charge in [0.15, 0.2) is 0 Å². The molecular weight excluding hydrogens is 386 g/mol. The summed E-state index contributed by atoms with van der Waals surface area (Å²) in [7, 11) is 0. The van der Waals surface area contributed by atoms with Crippen LogP contribution in [0.5, 0.6) is 5.75 Å². The molecule has 0 radical (unpaired) electrons. The molecule has 1 N–H and O–H groups in total. The molecule has 1 aromatic carbocycles. The van der Waals surface area contributed by atoms with Gasteiger partial charge in [-0.05, 0) is 66.5 Å². The Balaban J connectivity index is 1.28. The number of rotatable bonds is 8. The van der Waals surface area contributed by atoms with Gasteiger partial charge in [-0.15, -0.1) is 0 Å². The van der Waals surface area contributed by atoms with E-state index in [-0.39, 0.29) is 5.92 Å². The van der Waals surface area contributed by atoms with Crippen molar-refractivity contribution in [3.63, 3.8) is 0 Å². The molecule has 1 saturated carbocycles. The molecule has 1 aliphatic heterocycles. The fraction of sp³-hybridized carbons (Fsp3) is 0.625. The topological polar surface area (TPSA) is 49.8 Å². The molecule has 4 nitrogen and oxygen atoms in total. The number of aryl methyl sites for hydroxylation is 1. The fourth-order valence-corrected chi connectivity index (χ4v) is 5.32. The summed E-state index contributed by atoms with van der Waals surface area (Å²) in [4.78, 5) is 13.1. The van der Waals surface area contributed by atoms with Crippen molar-refractivity contribution in [1.29, 1.82) is 0 Å². The fourth-order valence-electron chi connectivity index (χ4n) is 4.98. The molecule has 0 aromatic heterocycles. The third kappa shape index (κ3) is 5.16. The molecule has 4 rings (SSSR count). The number of hydrogen-bond donors (Lipinski definition) is 1. The molecular formula is C24H32ClNO3. The van der Waals surface area contributed by atoms with Crippen molar-refractivity contribution >= 4 is 22.6 Å². The summed E-state index contributed by atoms with van der Waals surface area (Å²) >= 11 is 6.70. The van der Waals surface area contributed by atoms with Crippen LogP contribution in [0.15, 0.2) is 23.8 Å². The quantitative estimate of drug-likeness (QED) is 0.580. The summed E-state index contributed by atoms with van der Waals surface area (Å²) < 4.78 is 6.03. The average Bonchev–Trinajstić information content (AvgIpc) is 2.69. The first-order chi connectivity index (χ1) is 14.1. The average molecular weight is 418 g/mol. The minimum atomic E-state index is -0.693. The Labute approximate surface area is 178 Å². The number of carboxylic acid groups (broad SMARTS) is 1. The van der Waals surface area contributed by atoms with Gasteiger partial charge in [-0.1, -0.05) is 43.7 Å². The van der Waals surface area contributed by atoms with Gasteiger partial charge in [0, 0.05) is 24.7 Å². The molecule has 1 heterocycles. The maximum atomic E-state index is 11.0. The van der Waals surface area contributed by atoms with Crippen LogP contribution in [-0.4, -0.2) is 42.2 Å². The van der Waals surface area contributed by atoms with Crippen LogP contribution in [0.25, 0.3) is 5.03 Å². The van der Waals surface area contributed by atoms with Gasteiger partial charge in [-0.3, -0.25) is 9.69 Å². The largest absolute Gasteiger partial charge is 0.494 e. The molecule has 2 fully saturated rings. The van der Waals surface area contributed by atoms with Crippen LogP contribution in [0.4, 0.5) is 0 Å². The molecule has 5 heteroatoms. The van der Waals surface area contributed by atoms with Crippen molar-refractivity contribution in [3.05, 3.63) is 34.9 Å². The van der Waals surface area contributed by atoms with E-state index in [2.05, 4.69) is 17.0 Å². The normalized spacial score (nSPS) is 21.0. The van der Waals surface area contributed by atoms with Crippen LogP contribution < -0.4 is 4.74 Å². The van der Waals surface area contributed by atoms with Crippen LogP contribution >= 0.6 is 11.6 Å². The van der Waals surface area contributed by atoms with Crippen LogP contribution in [0.1, 0.15) is 62.5 Å². The smallest absolute Gasteiger partial charge is 0.309 e. The molecule has 158 valence electrons. The minimum absolute atomic E-state index is 0.219. The van der Waals surface area contributed by atoms with Crippen molar-refractivity contribution < 1.29 is 14.6 Å². The zero-order chi connectivity index (χ0) is 20.2. The van der Waals surface area contributed by atoms with E-state index >= 15 is 0 Å². The monoisotopic (exact) mass is 417 g/mol. The number of carbonyl (C=O) groups is 1. The van der Waals surface area contributed by atoms with Gasteiger partial charge < -0.3 is 9.84 Å². The summed E-state index contributed by atoms with van der Waals surface area (Å²) in [5.41, 5.74) is 3.59. The summed E-state index contributed by atoms with van der Waals surface area (Å²) in [6.07, 6.45) is 11.4.